The molecule has 0 unspecified atom stereocenters. The molecule has 0 fully saturated rings. The van der Waals surface area contributed by atoms with Gasteiger partial charge in [-0.05, 0) is 61.6 Å². The van der Waals surface area contributed by atoms with Crippen LogP contribution in [-0.2, 0) is 6.54 Å². The van der Waals surface area contributed by atoms with Crippen LogP contribution in [0.4, 0.5) is 5.69 Å². The van der Waals surface area contributed by atoms with Crippen molar-refractivity contribution in [2.24, 2.45) is 0 Å². The molecule has 0 amide bonds. The molecule has 1 aromatic heterocycles. The predicted molar refractivity (Wildman–Crippen MR) is 98.7 cm³/mol. The maximum absolute atomic E-state index is 6.07. The molecule has 0 bridgehead atoms. The van der Waals surface area contributed by atoms with Gasteiger partial charge in [-0.1, -0.05) is 17.7 Å². The number of benzene rings is 2. The molecular weight excluding hydrogens is 344 g/mol. The van der Waals surface area contributed by atoms with Crippen molar-refractivity contribution in [3.63, 3.8) is 0 Å². The van der Waals surface area contributed by atoms with Gasteiger partial charge in [0.05, 0.1) is 18.8 Å². The highest BCUT2D eigenvalue weighted by molar-refractivity contribution is 7.71. The van der Waals surface area contributed by atoms with Crippen LogP contribution in [0.1, 0.15) is 12.7 Å². The van der Waals surface area contributed by atoms with E-state index in [0.717, 1.165) is 22.9 Å². The molecule has 0 saturated carbocycles. The summed E-state index contributed by atoms with van der Waals surface area (Å²) in [5.41, 5.74) is 1.86. The second kappa shape index (κ2) is 7.51. The van der Waals surface area contributed by atoms with Crippen molar-refractivity contribution in [2.75, 3.05) is 11.9 Å². The van der Waals surface area contributed by atoms with E-state index >= 15 is 0 Å². The lowest BCUT2D eigenvalue weighted by atomic mass is 10.3. The first-order chi connectivity index (χ1) is 11.7. The Morgan fingerprint density at radius 1 is 1.25 bits per heavy atom. The van der Waals surface area contributed by atoms with Crippen molar-refractivity contribution < 1.29 is 4.74 Å². The summed E-state index contributed by atoms with van der Waals surface area (Å²) in [5, 5.41) is 11.1. The topological polar surface area (TPSA) is 54.9 Å². The molecule has 0 spiro atoms. The third-order valence-corrected chi connectivity index (χ3v) is 3.93. The van der Waals surface area contributed by atoms with Crippen molar-refractivity contribution in [3.8, 4) is 11.4 Å². The van der Waals surface area contributed by atoms with E-state index in [1.54, 1.807) is 0 Å². The zero-order valence-corrected chi connectivity index (χ0v) is 14.7. The first kappa shape index (κ1) is 16.5. The Labute approximate surface area is 150 Å². The Morgan fingerprint density at radius 3 is 2.75 bits per heavy atom. The van der Waals surface area contributed by atoms with Gasteiger partial charge in [0.1, 0.15) is 5.75 Å². The van der Waals surface area contributed by atoms with E-state index < -0.39 is 0 Å². The van der Waals surface area contributed by atoms with Gasteiger partial charge in [-0.3, -0.25) is 9.67 Å². The van der Waals surface area contributed by atoms with Crippen LogP contribution in [0, 0.1) is 4.77 Å². The first-order valence-electron chi connectivity index (χ1n) is 7.56. The Bertz CT molecular complexity index is 873. The largest absolute Gasteiger partial charge is 0.494 e. The molecule has 2 N–H and O–H groups in total. The van der Waals surface area contributed by atoms with E-state index in [0.29, 0.717) is 22.9 Å². The molecule has 24 heavy (non-hydrogen) atoms. The average Bonchev–Trinajstić information content (AvgIpc) is 2.95. The van der Waals surface area contributed by atoms with Crippen LogP contribution in [0.3, 0.4) is 0 Å². The Hall–Kier alpha value is -2.31. The van der Waals surface area contributed by atoms with E-state index in [4.69, 9.17) is 28.6 Å². The summed E-state index contributed by atoms with van der Waals surface area (Å²) in [6.45, 7) is 3.14. The van der Waals surface area contributed by atoms with E-state index in [1.165, 1.54) is 0 Å². The molecule has 124 valence electrons. The summed E-state index contributed by atoms with van der Waals surface area (Å²) in [5.74, 6) is 1.63. The number of hydrogen-bond acceptors (Lipinski definition) is 4. The van der Waals surface area contributed by atoms with Crippen molar-refractivity contribution in [1.29, 1.82) is 0 Å². The maximum atomic E-state index is 6.07. The molecular formula is C17H17ClN4OS. The zero-order chi connectivity index (χ0) is 16.9. The lowest BCUT2D eigenvalue weighted by Gasteiger charge is -2.10. The van der Waals surface area contributed by atoms with Crippen molar-refractivity contribution >= 4 is 29.5 Å². The minimum atomic E-state index is 0.521. The van der Waals surface area contributed by atoms with E-state index in [1.807, 2.05) is 60.0 Å². The second-order valence-corrected chi connectivity index (χ2v) is 5.89. The minimum absolute atomic E-state index is 0.521. The molecule has 5 nitrogen and oxygen atoms in total. The Kier molecular flexibility index (Phi) is 5.17. The highest BCUT2D eigenvalue weighted by Crippen LogP contribution is 2.19. The van der Waals surface area contributed by atoms with Crippen LogP contribution < -0.4 is 10.1 Å². The van der Waals surface area contributed by atoms with Gasteiger partial charge in [0.15, 0.2) is 10.6 Å². The van der Waals surface area contributed by atoms with E-state index in [-0.39, 0.29) is 0 Å². The molecule has 3 aromatic rings. The van der Waals surface area contributed by atoms with Crippen molar-refractivity contribution in [1.82, 2.24) is 14.8 Å². The van der Waals surface area contributed by atoms with Crippen LogP contribution in [0.5, 0.6) is 5.75 Å². The Balaban J connectivity index is 1.78. The number of aromatic nitrogens is 3. The molecule has 0 saturated heterocycles. The molecule has 2 aromatic carbocycles. The first-order valence-corrected chi connectivity index (χ1v) is 8.35. The summed E-state index contributed by atoms with van der Waals surface area (Å²) in [4.78, 5) is 0. The van der Waals surface area contributed by atoms with Crippen LogP contribution in [0.25, 0.3) is 5.69 Å². The van der Waals surface area contributed by atoms with E-state index in [9.17, 15) is 0 Å². The Morgan fingerprint density at radius 2 is 2.04 bits per heavy atom. The van der Waals surface area contributed by atoms with Crippen LogP contribution in [0.2, 0.25) is 5.02 Å². The normalized spacial score (nSPS) is 10.6. The quantitative estimate of drug-likeness (QED) is 0.631. The number of H-pyrrole nitrogens is 1. The number of rotatable bonds is 6. The van der Waals surface area contributed by atoms with Crippen molar-refractivity contribution in [3.05, 3.63) is 64.1 Å². The lowest BCUT2D eigenvalue weighted by molar-refractivity contribution is 0.340. The predicted octanol–water partition coefficient (Wildman–Crippen LogP) is 4.59. The summed E-state index contributed by atoms with van der Waals surface area (Å²) in [7, 11) is 0. The van der Waals surface area contributed by atoms with E-state index in [2.05, 4.69) is 15.5 Å². The number of nitrogens with zero attached hydrogens (tertiary/aromatic N) is 2. The molecule has 0 radical (unpaired) electrons. The molecule has 0 aliphatic rings. The lowest BCUT2D eigenvalue weighted by Crippen LogP contribution is -2.07. The summed E-state index contributed by atoms with van der Waals surface area (Å²) < 4.78 is 7.83. The molecule has 3 rings (SSSR count). The fourth-order valence-electron chi connectivity index (χ4n) is 2.35. The molecule has 7 heteroatoms. The SMILES string of the molecule is CCOc1ccc(NCc2n[nH]c(=S)n2-c2cccc(Cl)c2)cc1. The third kappa shape index (κ3) is 3.77. The zero-order valence-electron chi connectivity index (χ0n) is 13.1. The number of hydrogen-bond donors (Lipinski definition) is 2. The number of aromatic amines is 1. The van der Waals surface area contributed by atoms with Gasteiger partial charge in [0.2, 0.25) is 0 Å². The van der Waals surface area contributed by atoms with Crippen molar-refractivity contribution in [2.45, 2.75) is 13.5 Å². The van der Waals surface area contributed by atoms with Gasteiger partial charge in [0.25, 0.3) is 0 Å². The second-order valence-electron chi connectivity index (χ2n) is 5.07. The monoisotopic (exact) mass is 360 g/mol. The van der Waals surface area contributed by atoms with Gasteiger partial charge in [-0.2, -0.15) is 5.10 Å². The number of halogens is 1. The fraction of sp³-hybridized carbons (Fsp3) is 0.176. The van der Waals surface area contributed by atoms with Gasteiger partial charge < -0.3 is 10.1 Å². The van der Waals surface area contributed by atoms with Gasteiger partial charge in [0, 0.05) is 10.7 Å². The fourth-order valence-corrected chi connectivity index (χ4v) is 2.79. The smallest absolute Gasteiger partial charge is 0.199 e. The summed E-state index contributed by atoms with van der Waals surface area (Å²) >= 11 is 11.4. The van der Waals surface area contributed by atoms with Crippen LogP contribution in [0.15, 0.2) is 48.5 Å². The summed E-state index contributed by atoms with van der Waals surface area (Å²) in [6.07, 6.45) is 0. The maximum Gasteiger partial charge on any atom is 0.199 e. The molecule has 1 heterocycles. The van der Waals surface area contributed by atoms with Gasteiger partial charge in [-0.15, -0.1) is 0 Å². The third-order valence-electron chi connectivity index (χ3n) is 3.42. The standard InChI is InChI=1S/C17H17ClN4OS/c1-2-23-15-8-6-13(7-9-15)19-11-16-20-21-17(24)22(16)14-5-3-4-12(18)10-14/h3-10,19H,2,11H2,1H3,(H,21,24). The van der Waals surface area contributed by atoms with Crippen LogP contribution >= 0.6 is 23.8 Å². The molecule has 0 aliphatic carbocycles. The van der Waals surface area contributed by atoms with Gasteiger partial charge >= 0.3 is 0 Å². The average molecular weight is 361 g/mol. The highest BCUT2D eigenvalue weighted by Gasteiger charge is 2.08. The number of anilines is 1. The van der Waals surface area contributed by atoms with Gasteiger partial charge in [-0.25, -0.2) is 0 Å². The number of ether oxygens (including phenoxy) is 1. The molecule has 0 aliphatic heterocycles. The minimum Gasteiger partial charge on any atom is -0.494 e. The van der Waals surface area contributed by atoms with Crippen LogP contribution in [-0.4, -0.2) is 21.4 Å². The molecule has 0 atom stereocenters. The summed E-state index contributed by atoms with van der Waals surface area (Å²) in [6, 6.07) is 15.3. The highest BCUT2D eigenvalue weighted by atomic mass is 35.5. The number of nitrogens with one attached hydrogen (secondary N) is 2.